The van der Waals surface area contributed by atoms with E-state index in [1.54, 1.807) is 22.1 Å². The fraction of sp³-hybridized carbons (Fsp3) is 0.395. The molecule has 3 aromatic carbocycles. The molecule has 2 aliphatic rings. The van der Waals surface area contributed by atoms with Gasteiger partial charge in [-0.15, -0.1) is 0 Å². The number of carbonyl (C=O) groups is 4. The summed E-state index contributed by atoms with van der Waals surface area (Å²) < 4.78 is 9.48. The van der Waals surface area contributed by atoms with Crippen LogP contribution in [0.3, 0.4) is 0 Å². The molecule has 0 saturated carbocycles. The summed E-state index contributed by atoms with van der Waals surface area (Å²) in [6.07, 6.45) is 3.99. The lowest BCUT2D eigenvalue weighted by molar-refractivity contribution is -0.135. The molecule has 4 atom stereocenters. The van der Waals surface area contributed by atoms with Crippen LogP contribution < -0.4 is 16.1 Å². The number of H-pyrrole nitrogens is 2. The van der Waals surface area contributed by atoms with Crippen LogP contribution in [-0.4, -0.2) is 88.1 Å². The Morgan fingerprint density at radius 2 is 1.35 bits per heavy atom. The van der Waals surface area contributed by atoms with Crippen LogP contribution in [0, 0.1) is 5.92 Å². The molecule has 0 aliphatic carbocycles. The number of nitrogens with zero attached hydrogens (tertiary/aromatic N) is 3. The smallest absolute Gasteiger partial charge is 0.407 e. The third-order valence-corrected chi connectivity index (χ3v) is 11.3. The van der Waals surface area contributed by atoms with Gasteiger partial charge >= 0.3 is 12.2 Å². The van der Waals surface area contributed by atoms with E-state index in [0.29, 0.717) is 48.4 Å². The number of hydrogen-bond donors (Lipinski definition) is 4. The summed E-state index contributed by atoms with van der Waals surface area (Å²) in [6, 6.07) is 17.8. The summed E-state index contributed by atoms with van der Waals surface area (Å²) in [5.74, 6) is 0.231. The van der Waals surface area contributed by atoms with Crippen molar-refractivity contribution in [2.45, 2.75) is 77.0 Å². The van der Waals surface area contributed by atoms with Gasteiger partial charge in [-0.05, 0) is 84.2 Å². The largest absolute Gasteiger partial charge is 0.453 e. The van der Waals surface area contributed by atoms with Gasteiger partial charge in [0.25, 0.3) is 0 Å². The molecule has 2 aromatic heterocycles. The Kier molecular flexibility index (Phi) is 16.2. The molecular weight excluding hydrogens is 823 g/mol. The molecule has 60 heavy (non-hydrogen) atoms. The Balaban J connectivity index is 0.00000265. The lowest BCUT2D eigenvalue weighted by atomic mass is 9.98. The Bertz CT molecular complexity index is 2400. The average molecular weight is 878 g/mol. The predicted molar refractivity (Wildman–Crippen MR) is 247 cm³/mol. The second-order valence-corrected chi connectivity index (χ2v) is 15.1. The van der Waals surface area contributed by atoms with Gasteiger partial charge in [0.15, 0.2) is 5.43 Å². The van der Waals surface area contributed by atoms with Crippen molar-refractivity contribution in [3.8, 4) is 22.4 Å². The van der Waals surface area contributed by atoms with Gasteiger partial charge in [-0.1, -0.05) is 51.1 Å². The zero-order chi connectivity index (χ0) is 40.4. The summed E-state index contributed by atoms with van der Waals surface area (Å²) >= 11 is 0. The number of ether oxygens (including phenoxy) is 2. The first kappa shape index (κ1) is 47.5. The SMILES string of the molecule is CC[C@H](NC(=O)OC)C(=O)N1CCCC1c1cc(=O)c2ccc(-c3ccc4cc(-c5cnc([C@@H]6CCCN6C(=O)[C@@H](NC(=O)OC)C(C)C)[nH]5)ccc4c3)cc2[nH]1.S.S.S. The number of rotatable bonds is 10. The van der Waals surface area contributed by atoms with Gasteiger partial charge in [-0.25, -0.2) is 14.6 Å². The van der Waals surface area contributed by atoms with Gasteiger partial charge in [0.2, 0.25) is 11.8 Å². The normalized spacial score (nSPS) is 17.0. The average Bonchev–Trinajstić information content (AvgIpc) is 4.02. The van der Waals surface area contributed by atoms with Crippen molar-refractivity contribution in [2.75, 3.05) is 27.3 Å². The number of benzene rings is 3. The van der Waals surface area contributed by atoms with Crippen molar-refractivity contribution in [3.05, 3.63) is 88.6 Å². The standard InChI is InChI=1S/C43H49N7O7.3H2S/c1-6-31(47-42(54)56-4)40(52)49-17-7-9-35(49)33-22-37(51)30-16-15-28(21-32(30)45-33)26-11-12-27-20-29(14-13-25(27)19-26)34-23-44-39(46-34)36-10-8-18-50(36)41(53)38(24(2)3)48-43(55)57-5;;;/h11-16,19-24,31,35-36,38H,6-10,17-18H2,1-5H3,(H,44,46)(H,45,51)(H,47,54)(H,48,55);3*1H2/t31-,35?,36-,38-;;;/m0.../s1. The lowest BCUT2D eigenvalue weighted by Crippen LogP contribution is -2.51. The molecular formula is C43H55N7O7S3. The van der Waals surface area contributed by atoms with Crippen LogP contribution in [-0.2, 0) is 19.1 Å². The van der Waals surface area contributed by atoms with E-state index in [1.807, 2.05) is 45.0 Å². The highest BCUT2D eigenvalue weighted by atomic mass is 32.1. The molecule has 0 radical (unpaired) electrons. The van der Waals surface area contributed by atoms with Gasteiger partial charge in [-0.2, -0.15) is 40.5 Å². The van der Waals surface area contributed by atoms with Crippen molar-refractivity contribution in [1.29, 1.82) is 0 Å². The van der Waals surface area contributed by atoms with Crippen LogP contribution in [0.2, 0.25) is 0 Å². The van der Waals surface area contributed by atoms with Gasteiger partial charge in [-0.3, -0.25) is 14.4 Å². The Morgan fingerprint density at radius 3 is 2.00 bits per heavy atom. The molecule has 1 unspecified atom stereocenters. The first-order valence-electron chi connectivity index (χ1n) is 19.6. The van der Waals surface area contributed by atoms with Gasteiger partial charge in [0.1, 0.15) is 17.9 Å². The van der Waals surface area contributed by atoms with Crippen molar-refractivity contribution < 1.29 is 28.7 Å². The molecule has 2 fully saturated rings. The van der Waals surface area contributed by atoms with Crippen LogP contribution in [0.1, 0.15) is 76.5 Å². The number of methoxy groups -OCH3 is 2. The predicted octanol–water partition coefficient (Wildman–Crippen LogP) is 6.92. The number of amides is 4. The Morgan fingerprint density at radius 1 is 0.767 bits per heavy atom. The number of aromatic amines is 2. The zero-order valence-corrected chi connectivity index (χ0v) is 37.4. The molecule has 5 aromatic rings. The number of likely N-dealkylation sites (tertiary alicyclic amines) is 2. The third kappa shape index (κ3) is 9.74. The number of nitrogens with one attached hydrogen (secondary N) is 4. The first-order valence-corrected chi connectivity index (χ1v) is 19.6. The summed E-state index contributed by atoms with van der Waals surface area (Å²) in [4.78, 5) is 79.5. The highest BCUT2D eigenvalue weighted by Gasteiger charge is 2.38. The molecule has 322 valence electrons. The minimum Gasteiger partial charge on any atom is -0.453 e. The van der Waals surface area contributed by atoms with Crippen LogP contribution in [0.15, 0.2) is 71.7 Å². The maximum atomic E-state index is 13.6. The summed E-state index contributed by atoms with van der Waals surface area (Å²) in [5.41, 5.74) is 4.94. The minimum atomic E-state index is -0.722. The van der Waals surface area contributed by atoms with E-state index in [0.717, 1.165) is 52.4 Å². The number of alkyl carbamates (subject to hydrolysis) is 2. The number of pyridine rings is 1. The third-order valence-electron chi connectivity index (χ3n) is 11.3. The van der Waals surface area contributed by atoms with Gasteiger partial charge in [0, 0.05) is 35.8 Å². The fourth-order valence-electron chi connectivity index (χ4n) is 8.16. The molecule has 7 rings (SSSR count). The van der Waals surface area contributed by atoms with E-state index >= 15 is 0 Å². The van der Waals surface area contributed by atoms with E-state index in [-0.39, 0.29) is 75.7 Å². The summed E-state index contributed by atoms with van der Waals surface area (Å²) in [6.45, 7) is 6.73. The van der Waals surface area contributed by atoms with Crippen molar-refractivity contribution in [2.24, 2.45) is 5.92 Å². The maximum absolute atomic E-state index is 13.6. The molecule has 14 nitrogen and oxygen atoms in total. The highest BCUT2D eigenvalue weighted by Crippen LogP contribution is 2.35. The molecule has 4 N–H and O–H groups in total. The lowest BCUT2D eigenvalue weighted by Gasteiger charge is -2.30. The fourth-order valence-corrected chi connectivity index (χ4v) is 8.16. The summed E-state index contributed by atoms with van der Waals surface area (Å²) in [5, 5.41) is 7.96. The highest BCUT2D eigenvalue weighted by molar-refractivity contribution is 7.59. The van der Waals surface area contributed by atoms with Crippen molar-refractivity contribution >= 4 is 86.2 Å². The number of fused-ring (bicyclic) bond motifs is 2. The molecule has 17 heteroatoms. The van der Waals surface area contributed by atoms with Gasteiger partial charge in [0.05, 0.1) is 43.7 Å². The van der Waals surface area contributed by atoms with E-state index in [2.05, 4.69) is 50.9 Å². The maximum Gasteiger partial charge on any atom is 0.407 e. The van der Waals surface area contributed by atoms with Crippen LogP contribution >= 0.6 is 40.5 Å². The second-order valence-electron chi connectivity index (χ2n) is 15.1. The molecule has 0 spiro atoms. The summed E-state index contributed by atoms with van der Waals surface area (Å²) in [7, 11) is 2.55. The zero-order valence-electron chi connectivity index (χ0n) is 34.4. The van der Waals surface area contributed by atoms with Crippen molar-refractivity contribution in [3.63, 3.8) is 0 Å². The molecule has 0 bridgehead atoms. The molecule has 4 amide bonds. The monoisotopic (exact) mass is 877 g/mol. The quantitative estimate of drug-likeness (QED) is 0.117. The van der Waals surface area contributed by atoms with E-state index in [1.165, 1.54) is 14.2 Å². The number of imidazole rings is 1. The number of hydrogen-bond acceptors (Lipinski definition) is 8. The molecule has 2 saturated heterocycles. The van der Waals surface area contributed by atoms with E-state index in [4.69, 9.17) is 14.5 Å². The van der Waals surface area contributed by atoms with Crippen LogP contribution in [0.25, 0.3) is 44.1 Å². The second kappa shape index (κ2) is 20.4. The van der Waals surface area contributed by atoms with E-state index < -0.39 is 24.3 Å². The minimum absolute atomic E-state index is 0. The van der Waals surface area contributed by atoms with Crippen LogP contribution in [0.4, 0.5) is 9.59 Å². The first-order chi connectivity index (χ1) is 27.5. The Labute approximate surface area is 369 Å². The molecule has 4 heterocycles. The number of aromatic nitrogens is 3. The van der Waals surface area contributed by atoms with Gasteiger partial charge < -0.3 is 39.9 Å². The topological polar surface area (TPSA) is 179 Å². The number of carbonyl (C=O) groups excluding carboxylic acids is 4. The van der Waals surface area contributed by atoms with E-state index in [9.17, 15) is 24.0 Å². The molecule has 2 aliphatic heterocycles. The Hall–Kier alpha value is -5.13. The van der Waals surface area contributed by atoms with Crippen molar-refractivity contribution in [1.82, 2.24) is 35.4 Å². The van der Waals surface area contributed by atoms with Crippen LogP contribution in [0.5, 0.6) is 0 Å².